The largest absolute Gasteiger partial charge is 0.468 e. The molecule has 0 bridgehead atoms. The first-order valence-corrected chi connectivity index (χ1v) is 37.5. The van der Waals surface area contributed by atoms with E-state index in [2.05, 4.69) is 53.3 Å². The molecule has 105 heavy (non-hydrogen) atoms. The summed E-state index contributed by atoms with van der Waals surface area (Å²) in [5.41, 5.74) is -1.48. The summed E-state index contributed by atoms with van der Waals surface area (Å²) in [5.74, 6) is -3.44. The quantitative estimate of drug-likeness (QED) is 0.0109. The van der Waals surface area contributed by atoms with Gasteiger partial charge in [-0.2, -0.15) is 0 Å². The lowest BCUT2D eigenvalue weighted by Crippen LogP contribution is -2.68. The molecule has 28 nitrogen and oxygen atoms in total. The molecule has 5 saturated carbocycles. The summed E-state index contributed by atoms with van der Waals surface area (Å²) in [6, 6.07) is 7.48. The van der Waals surface area contributed by atoms with Gasteiger partial charge in [-0.15, -0.1) is 0 Å². The van der Waals surface area contributed by atoms with Crippen LogP contribution in [-0.4, -0.2) is 259 Å². The third-order valence-corrected chi connectivity index (χ3v) is 26.3. The first kappa shape index (κ1) is 81.5. The lowest BCUT2D eigenvalue weighted by Gasteiger charge is -2.71. The number of hydrogen-bond donors (Lipinski definition) is 12. The Morgan fingerprint density at radius 3 is 2.00 bits per heavy atom. The fourth-order valence-corrected chi connectivity index (χ4v) is 20.5. The van der Waals surface area contributed by atoms with Crippen molar-refractivity contribution >= 4 is 30.8 Å². The number of fused-ring (bicyclic) bond motifs is 7. The number of ether oxygens (including phenoxy) is 12. The zero-order valence-electron chi connectivity index (χ0n) is 61.8. The van der Waals surface area contributed by atoms with E-state index < -0.39 is 218 Å². The number of esters is 2. The molecule has 11 rings (SSSR count). The molecule has 36 atom stereocenters. The van der Waals surface area contributed by atoms with Crippen LogP contribution in [-0.2, 0) is 76.0 Å². The van der Waals surface area contributed by atoms with E-state index >= 15 is 0 Å². The zero-order valence-corrected chi connectivity index (χ0v) is 61.8. The number of aryl methyl sites for hydroxylation is 1. The molecule has 4 saturated heterocycles. The normalized spacial score (nSPS) is 48.1. The Morgan fingerprint density at radius 1 is 0.638 bits per heavy atom. The Bertz CT molecular complexity index is 3220. The summed E-state index contributed by atoms with van der Waals surface area (Å²) < 4.78 is 75.4. The third-order valence-electron chi connectivity index (χ3n) is 26.3. The van der Waals surface area contributed by atoms with Crippen molar-refractivity contribution in [2.45, 2.75) is 293 Å². The topological polar surface area (TPSA) is 422 Å². The van der Waals surface area contributed by atoms with Crippen LogP contribution in [0.25, 0.3) is 6.08 Å². The lowest BCUT2D eigenvalue weighted by molar-refractivity contribution is -0.394. The Labute approximate surface area is 613 Å². The molecule has 0 aromatic heterocycles. The molecule has 26 unspecified atom stereocenters. The zero-order chi connectivity index (χ0) is 76.3. The monoisotopic (exact) mass is 1490 g/mol. The summed E-state index contributed by atoms with van der Waals surface area (Å²) in [4.78, 5) is 52.4. The van der Waals surface area contributed by atoms with Gasteiger partial charge in [0.05, 0.1) is 67.6 Å². The molecule has 1 aromatic carbocycles. The van der Waals surface area contributed by atoms with E-state index in [1.54, 1.807) is 19.9 Å². The molecule has 28 heteroatoms. The highest BCUT2D eigenvalue weighted by Crippen LogP contribution is 2.75. The number of benzene rings is 1. The van der Waals surface area contributed by atoms with Gasteiger partial charge in [-0.3, -0.25) is 9.59 Å². The molecule has 4 heterocycles. The van der Waals surface area contributed by atoms with Crippen molar-refractivity contribution in [3.63, 3.8) is 0 Å². The molecule has 0 spiro atoms. The second-order valence-corrected chi connectivity index (χ2v) is 33.6. The van der Waals surface area contributed by atoms with Crippen molar-refractivity contribution in [3.8, 4) is 0 Å². The van der Waals surface area contributed by atoms with Crippen molar-refractivity contribution in [3.05, 3.63) is 66.0 Å². The first-order valence-electron chi connectivity index (χ1n) is 37.5. The van der Waals surface area contributed by atoms with Crippen LogP contribution in [0.3, 0.4) is 0 Å². The number of rotatable bonds is 23. The molecule has 9 fully saturated rings. The van der Waals surface area contributed by atoms with Crippen LogP contribution < -0.4 is 0 Å². The highest BCUT2D eigenvalue weighted by atomic mass is 16.8. The number of aliphatic hydroxyl groups excluding tert-OH is 12. The summed E-state index contributed by atoms with van der Waals surface area (Å²) in [6.07, 6.45) is -24.9. The van der Waals surface area contributed by atoms with Crippen LogP contribution >= 0.6 is 0 Å². The number of aldehydes is 1. The SMILES string of the molecule is C=C(OC1OC(C)C(OC(=O)/C=C\c2ccc(C)cc2)C(OC(C)=O)C1OC1CC(C)C(O)C(O)C1O)[C@@H]1CC(C)(C)C[C@@H]2C1[C@H](O)C[C@]1(C)C2C=C[C@@H]2[C@@]3(C)CC[C@H](OC4OC(CCCCOC=O)C(O)C(OC5OCC(O)C(O)C5O)C4OC4OC(CO)C(O)C(O)C4O)[C@@](C)(C=O)[C@@H]3CC[C@]21C. The minimum Gasteiger partial charge on any atom is -0.468 e. The predicted octanol–water partition coefficient (Wildman–Crippen LogP) is 2.49. The number of carbonyl (C=O) groups is 4. The van der Waals surface area contributed by atoms with Crippen LogP contribution in [0.2, 0.25) is 0 Å². The van der Waals surface area contributed by atoms with Gasteiger partial charge in [-0.05, 0) is 153 Å². The van der Waals surface area contributed by atoms with Crippen molar-refractivity contribution < 1.29 is 137 Å². The summed E-state index contributed by atoms with van der Waals surface area (Å²) in [6.45, 7) is 23.1. The van der Waals surface area contributed by atoms with Crippen molar-refractivity contribution in [2.75, 3.05) is 19.8 Å². The van der Waals surface area contributed by atoms with Gasteiger partial charge in [0.1, 0.15) is 79.5 Å². The number of carbonyl (C=O) groups excluding carboxylic acids is 4. The summed E-state index contributed by atoms with van der Waals surface area (Å²) in [5, 5.41) is 135. The van der Waals surface area contributed by atoms with Crippen LogP contribution in [0.5, 0.6) is 0 Å². The average Bonchev–Trinajstić information content (AvgIpc) is 0.676. The minimum absolute atomic E-state index is 0.0463. The van der Waals surface area contributed by atoms with E-state index in [4.69, 9.17) is 56.8 Å². The fraction of sp³-hybridized carbons (Fsp3) is 0.792. The molecule has 12 N–H and O–H groups in total. The Morgan fingerprint density at radius 2 is 1.31 bits per heavy atom. The van der Waals surface area contributed by atoms with E-state index in [-0.39, 0.29) is 60.7 Å². The van der Waals surface area contributed by atoms with Gasteiger partial charge >= 0.3 is 11.9 Å². The molecule has 4 aliphatic heterocycles. The van der Waals surface area contributed by atoms with Gasteiger partial charge in [0.25, 0.3) is 6.47 Å². The van der Waals surface area contributed by atoms with E-state index in [9.17, 15) is 80.5 Å². The maximum absolute atomic E-state index is 14.4. The first-order chi connectivity index (χ1) is 49.5. The second kappa shape index (κ2) is 32.5. The summed E-state index contributed by atoms with van der Waals surface area (Å²) in [7, 11) is 0. The van der Waals surface area contributed by atoms with Gasteiger partial charge in [0, 0.05) is 18.9 Å². The number of aliphatic hydroxyl groups is 12. The molecular formula is C77H114O28. The predicted molar refractivity (Wildman–Crippen MR) is 368 cm³/mol. The van der Waals surface area contributed by atoms with Crippen LogP contribution in [0, 0.1) is 75.4 Å². The van der Waals surface area contributed by atoms with Gasteiger partial charge in [-0.25, -0.2) is 4.79 Å². The standard InChI is InChI=1S/C77H114O28/c1-36-15-17-41(18-16-36)19-22-53(84)103-64-39(4)97-71(68(66(64)98-40(5)81)99-48-28-37(2)55(85)60(90)57(48)87)96-38(3)42-29-73(6,7)30-43-44-20-21-51-74(8)25-24-52(75(9,34-79)50(74)23-26-76(51,10)77(44,11)31-45(82)54(42)43)102-72-67(105-70-63(93)61(91)58(88)49(32-78)101-70)65(104-69-62(92)56(86)46(83)33-95-69)59(89)47(100-72)14-12-13-27-94-35-80/h15-22,34-35,37,39,42-52,54-72,78,82-83,85-93H,3,12-14,23-33H2,1-2,4-11H3/b22-19-/t37?,39?,42-,43-,44?,45+,46?,47?,48?,49?,50+,51+,52-,54?,55?,56?,57?,58?,59?,60?,61?,62?,63?,64?,65?,66?,67?,68?,69?,70?,71?,72?,74-,75-,76+,77+/m0/s1. The molecule has 0 radical (unpaired) electrons. The molecule has 6 aliphatic carbocycles. The van der Waals surface area contributed by atoms with Gasteiger partial charge in [-0.1, -0.05) is 97.0 Å². The van der Waals surface area contributed by atoms with Crippen LogP contribution in [0.15, 0.2) is 54.8 Å². The number of allylic oxidation sites excluding steroid dienone is 3. The van der Waals surface area contributed by atoms with Gasteiger partial charge < -0.3 is 123 Å². The van der Waals surface area contributed by atoms with E-state index in [0.717, 1.165) is 23.8 Å². The minimum atomic E-state index is -1.97. The smallest absolute Gasteiger partial charge is 0.331 e. The summed E-state index contributed by atoms with van der Waals surface area (Å²) >= 11 is 0. The van der Waals surface area contributed by atoms with E-state index in [0.29, 0.717) is 51.4 Å². The fourth-order valence-electron chi connectivity index (χ4n) is 20.5. The van der Waals surface area contributed by atoms with E-state index in [1.807, 2.05) is 38.1 Å². The highest BCUT2D eigenvalue weighted by molar-refractivity contribution is 5.87. The van der Waals surface area contributed by atoms with Crippen LogP contribution in [0.1, 0.15) is 144 Å². The van der Waals surface area contributed by atoms with E-state index in [1.165, 1.54) is 13.0 Å². The number of hydrogen-bond acceptors (Lipinski definition) is 28. The average molecular weight is 1490 g/mol. The van der Waals surface area contributed by atoms with Crippen molar-refractivity contribution in [1.82, 2.24) is 0 Å². The maximum atomic E-state index is 14.4. The van der Waals surface area contributed by atoms with Crippen molar-refractivity contribution in [2.24, 2.45) is 68.5 Å². The second-order valence-electron chi connectivity index (χ2n) is 33.6. The molecule has 590 valence electrons. The van der Waals surface area contributed by atoms with Crippen LogP contribution in [0.4, 0.5) is 0 Å². The van der Waals surface area contributed by atoms with Gasteiger partial charge in [0.15, 0.2) is 37.2 Å². The van der Waals surface area contributed by atoms with Crippen molar-refractivity contribution in [1.29, 1.82) is 0 Å². The lowest BCUT2D eigenvalue weighted by atomic mass is 9.33. The Balaban J connectivity index is 0.867. The maximum Gasteiger partial charge on any atom is 0.331 e. The highest BCUT2D eigenvalue weighted by Gasteiger charge is 2.71. The Hall–Kier alpha value is -4.48. The Kier molecular flexibility index (Phi) is 25.2. The molecular weight excluding hydrogens is 1370 g/mol. The molecule has 0 amide bonds. The molecule has 1 aromatic rings. The third kappa shape index (κ3) is 15.8. The number of unbranched alkanes of at least 4 members (excludes halogenated alkanes) is 1. The van der Waals surface area contributed by atoms with Gasteiger partial charge in [0.2, 0.25) is 6.29 Å². The molecule has 10 aliphatic rings.